The predicted molar refractivity (Wildman–Crippen MR) is 91.1 cm³/mol. The van der Waals surface area contributed by atoms with Gasteiger partial charge in [-0.25, -0.2) is 4.39 Å². The molecule has 136 valence electrons. The quantitative estimate of drug-likeness (QED) is 0.732. The molecule has 0 atom stereocenters. The fourth-order valence-corrected chi connectivity index (χ4v) is 2.49. The topological polar surface area (TPSA) is 84.3 Å². The second-order valence-corrected chi connectivity index (χ2v) is 5.96. The number of rotatable bonds is 6. The Labute approximate surface area is 149 Å². The van der Waals surface area contributed by atoms with Gasteiger partial charge in [-0.2, -0.15) is 5.10 Å². The van der Waals surface area contributed by atoms with Gasteiger partial charge in [0.05, 0.1) is 17.9 Å². The molecule has 0 spiro atoms. The molecule has 2 heterocycles. The van der Waals surface area contributed by atoms with Crippen molar-refractivity contribution in [2.75, 3.05) is 7.05 Å². The van der Waals surface area contributed by atoms with Gasteiger partial charge in [0.1, 0.15) is 12.4 Å². The largest absolute Gasteiger partial charge is 0.484 e. The van der Waals surface area contributed by atoms with Crippen molar-refractivity contribution in [3.63, 3.8) is 0 Å². The Bertz CT molecular complexity index is 899. The lowest BCUT2D eigenvalue weighted by molar-refractivity contribution is 0.0778. The Balaban J connectivity index is 1.63. The van der Waals surface area contributed by atoms with E-state index in [4.69, 9.17) is 9.26 Å². The summed E-state index contributed by atoms with van der Waals surface area (Å²) < 4.78 is 24.1. The Kier molecular flexibility index (Phi) is 5.01. The number of carbonyl (C=O) groups excluding carboxylic acids is 1. The van der Waals surface area contributed by atoms with Crippen LogP contribution in [0.3, 0.4) is 0 Å². The number of para-hydroxylation sites is 1. The molecule has 2 aromatic heterocycles. The van der Waals surface area contributed by atoms with E-state index < -0.39 is 5.82 Å². The number of nitrogens with zero attached hydrogens (tertiary/aromatic N) is 3. The summed E-state index contributed by atoms with van der Waals surface area (Å²) in [7, 11) is 1.68. The van der Waals surface area contributed by atoms with E-state index in [9.17, 15) is 9.18 Å². The standard InChI is InChI=1S/C18H19FN4O3/c1-11-14(12(2)26-22-11)9-23(3)18(24)16-8-13(20-21-16)10-25-17-7-5-4-6-15(17)19/h4-8H,9-10H2,1-3H3,(H,20,21). The number of halogens is 1. The first-order chi connectivity index (χ1) is 12.5. The van der Waals surface area contributed by atoms with E-state index in [1.54, 1.807) is 32.2 Å². The van der Waals surface area contributed by atoms with E-state index >= 15 is 0 Å². The zero-order valence-corrected chi connectivity index (χ0v) is 14.7. The van der Waals surface area contributed by atoms with Crippen molar-refractivity contribution >= 4 is 5.91 Å². The first kappa shape index (κ1) is 17.7. The second kappa shape index (κ2) is 7.38. The molecule has 0 aliphatic carbocycles. The highest BCUT2D eigenvalue weighted by Crippen LogP contribution is 2.18. The van der Waals surface area contributed by atoms with Gasteiger partial charge in [0.25, 0.3) is 5.91 Å². The average molecular weight is 358 g/mol. The molecule has 8 heteroatoms. The molecule has 7 nitrogen and oxygen atoms in total. The number of amides is 1. The number of aryl methyl sites for hydroxylation is 2. The molecule has 0 radical (unpaired) electrons. The fraction of sp³-hybridized carbons (Fsp3) is 0.278. The summed E-state index contributed by atoms with van der Waals surface area (Å²) in [6.45, 7) is 4.08. The molecule has 0 bridgehead atoms. The van der Waals surface area contributed by atoms with Gasteiger partial charge in [-0.1, -0.05) is 17.3 Å². The zero-order chi connectivity index (χ0) is 18.7. The molecule has 1 N–H and O–H groups in total. The Morgan fingerprint density at radius 3 is 2.81 bits per heavy atom. The third-order valence-corrected chi connectivity index (χ3v) is 3.99. The molecule has 0 aliphatic rings. The minimum absolute atomic E-state index is 0.0782. The van der Waals surface area contributed by atoms with Gasteiger partial charge >= 0.3 is 0 Å². The van der Waals surface area contributed by atoms with Crippen LogP contribution >= 0.6 is 0 Å². The van der Waals surface area contributed by atoms with E-state index in [0.717, 1.165) is 11.3 Å². The van der Waals surface area contributed by atoms with Crippen molar-refractivity contribution < 1.29 is 18.4 Å². The van der Waals surface area contributed by atoms with Crippen molar-refractivity contribution in [1.29, 1.82) is 0 Å². The molecular formula is C18H19FN4O3. The molecule has 3 rings (SSSR count). The van der Waals surface area contributed by atoms with Crippen LogP contribution in [-0.2, 0) is 13.2 Å². The highest BCUT2D eigenvalue weighted by atomic mass is 19.1. The fourth-order valence-electron chi connectivity index (χ4n) is 2.49. The molecule has 0 saturated carbocycles. The number of H-pyrrole nitrogens is 1. The van der Waals surface area contributed by atoms with Crippen LogP contribution in [0.5, 0.6) is 5.75 Å². The summed E-state index contributed by atoms with van der Waals surface area (Å²) in [6.07, 6.45) is 0. The number of aromatic amines is 1. The second-order valence-electron chi connectivity index (χ2n) is 5.96. The van der Waals surface area contributed by atoms with Gasteiger partial charge in [-0.15, -0.1) is 0 Å². The lowest BCUT2D eigenvalue weighted by Gasteiger charge is -2.15. The summed E-state index contributed by atoms with van der Waals surface area (Å²) >= 11 is 0. The van der Waals surface area contributed by atoms with Crippen molar-refractivity contribution in [3.8, 4) is 5.75 Å². The van der Waals surface area contributed by atoms with Gasteiger partial charge in [-0.3, -0.25) is 9.89 Å². The smallest absolute Gasteiger partial charge is 0.274 e. The zero-order valence-electron chi connectivity index (χ0n) is 14.7. The number of hydrogen-bond donors (Lipinski definition) is 1. The maximum Gasteiger partial charge on any atom is 0.274 e. The number of hydrogen-bond acceptors (Lipinski definition) is 5. The SMILES string of the molecule is Cc1noc(C)c1CN(C)C(=O)c1cc(COc2ccccc2F)[nH]n1. The summed E-state index contributed by atoms with van der Waals surface area (Å²) in [5.74, 6) is 0.134. The van der Waals surface area contributed by atoms with Crippen LogP contribution in [0.25, 0.3) is 0 Å². The molecule has 3 aromatic rings. The van der Waals surface area contributed by atoms with E-state index in [2.05, 4.69) is 15.4 Å². The molecule has 26 heavy (non-hydrogen) atoms. The lowest BCUT2D eigenvalue weighted by atomic mass is 10.2. The van der Waals surface area contributed by atoms with Crippen LogP contribution in [0.4, 0.5) is 4.39 Å². The summed E-state index contributed by atoms with van der Waals surface area (Å²) in [5.41, 5.74) is 2.45. The van der Waals surface area contributed by atoms with Crippen LogP contribution < -0.4 is 4.74 Å². The maximum atomic E-state index is 13.6. The van der Waals surface area contributed by atoms with Gasteiger partial charge in [0, 0.05) is 12.6 Å². The van der Waals surface area contributed by atoms with Crippen molar-refractivity contribution in [2.24, 2.45) is 0 Å². The first-order valence-corrected chi connectivity index (χ1v) is 8.04. The molecule has 0 fully saturated rings. The van der Waals surface area contributed by atoms with E-state index in [1.807, 2.05) is 6.92 Å². The predicted octanol–water partition coefficient (Wildman–Crippen LogP) is 3.00. The molecule has 1 aromatic carbocycles. The Morgan fingerprint density at radius 2 is 2.12 bits per heavy atom. The summed E-state index contributed by atoms with van der Waals surface area (Å²) in [5, 5.41) is 10.6. The molecule has 0 aliphatic heterocycles. The number of benzene rings is 1. The maximum absolute atomic E-state index is 13.6. The third-order valence-electron chi connectivity index (χ3n) is 3.99. The highest BCUT2D eigenvalue weighted by Gasteiger charge is 2.19. The molecule has 0 saturated heterocycles. The third kappa shape index (κ3) is 3.74. The Hall–Kier alpha value is -3.16. The van der Waals surface area contributed by atoms with Crippen LogP contribution in [0, 0.1) is 19.7 Å². The number of nitrogens with one attached hydrogen (secondary N) is 1. The first-order valence-electron chi connectivity index (χ1n) is 8.04. The number of aromatic nitrogens is 3. The van der Waals surface area contributed by atoms with Crippen LogP contribution in [-0.4, -0.2) is 33.2 Å². The van der Waals surface area contributed by atoms with Crippen molar-refractivity contribution in [1.82, 2.24) is 20.3 Å². The summed E-state index contributed by atoms with van der Waals surface area (Å²) in [4.78, 5) is 14.1. The van der Waals surface area contributed by atoms with E-state index in [1.165, 1.54) is 17.0 Å². The van der Waals surface area contributed by atoms with Gasteiger partial charge in [0.15, 0.2) is 17.3 Å². The van der Waals surface area contributed by atoms with Crippen molar-refractivity contribution in [3.05, 3.63) is 64.6 Å². The molecule has 0 unspecified atom stereocenters. The number of carbonyl (C=O) groups is 1. The van der Waals surface area contributed by atoms with Crippen LogP contribution in [0.1, 0.15) is 33.2 Å². The minimum atomic E-state index is -0.442. The van der Waals surface area contributed by atoms with Gasteiger partial charge in [0.2, 0.25) is 0 Å². The minimum Gasteiger partial charge on any atom is -0.484 e. The normalized spacial score (nSPS) is 10.8. The van der Waals surface area contributed by atoms with E-state index in [-0.39, 0.29) is 24.0 Å². The monoisotopic (exact) mass is 358 g/mol. The molecule has 1 amide bonds. The number of ether oxygens (including phenoxy) is 1. The van der Waals surface area contributed by atoms with E-state index in [0.29, 0.717) is 18.0 Å². The van der Waals surface area contributed by atoms with Crippen LogP contribution in [0.15, 0.2) is 34.9 Å². The Morgan fingerprint density at radius 1 is 1.35 bits per heavy atom. The highest BCUT2D eigenvalue weighted by molar-refractivity contribution is 5.92. The average Bonchev–Trinajstić information content (AvgIpc) is 3.22. The van der Waals surface area contributed by atoms with Gasteiger partial charge in [-0.05, 0) is 32.0 Å². The van der Waals surface area contributed by atoms with Gasteiger partial charge < -0.3 is 14.2 Å². The van der Waals surface area contributed by atoms with Crippen LogP contribution in [0.2, 0.25) is 0 Å². The van der Waals surface area contributed by atoms with Crippen molar-refractivity contribution in [2.45, 2.75) is 27.0 Å². The molecular weight excluding hydrogens is 339 g/mol. The lowest BCUT2D eigenvalue weighted by Crippen LogP contribution is -2.27. The summed E-state index contributed by atoms with van der Waals surface area (Å²) in [6, 6.07) is 7.72.